The number of amides is 2. The number of rotatable bonds is 40. The summed E-state index contributed by atoms with van der Waals surface area (Å²) in [4.78, 5) is 40.5. The molecule has 0 saturated heterocycles. The first-order valence-corrected chi connectivity index (χ1v) is 31.3. The molecule has 9 N–H and O–H groups in total. The van der Waals surface area contributed by atoms with Crippen molar-refractivity contribution in [2.75, 3.05) is 92.4 Å². The van der Waals surface area contributed by atoms with Crippen molar-refractivity contribution in [3.63, 3.8) is 0 Å². The molecule has 2 heterocycles. The van der Waals surface area contributed by atoms with Gasteiger partial charge in [0.25, 0.3) is 0 Å². The van der Waals surface area contributed by atoms with Crippen LogP contribution in [-0.2, 0) is 65.4 Å². The van der Waals surface area contributed by atoms with Gasteiger partial charge in [0.2, 0.25) is 11.7 Å². The Morgan fingerprint density at radius 1 is 0.833 bits per heavy atom. The normalized spacial score (nSPS) is 27.5. The molecule has 0 unspecified atom stereocenters. The van der Waals surface area contributed by atoms with Crippen molar-refractivity contribution in [3.8, 4) is 0 Å². The van der Waals surface area contributed by atoms with Crippen LogP contribution in [0.25, 0.3) is 0 Å². The predicted molar refractivity (Wildman–Crippen MR) is 314 cm³/mol. The number of alkyl carbamates (subject to hydrolysis) is 1. The molecule has 3 fully saturated rings. The van der Waals surface area contributed by atoms with E-state index < -0.39 is 66.7 Å². The monoisotopic (exact) mass is 1190 g/mol. The molecule has 23 nitrogen and oxygen atoms in total. The first kappa shape index (κ1) is 68.7. The fourth-order valence-corrected chi connectivity index (χ4v) is 14.2. The van der Waals surface area contributed by atoms with Crippen LogP contribution in [0.2, 0.25) is 0 Å². The zero-order chi connectivity index (χ0) is 60.5. The molecule has 0 radical (unpaired) electrons. The minimum atomic E-state index is -1.75. The number of aliphatic carboxylic acids is 1. The fourth-order valence-electron chi connectivity index (χ4n) is 14.2. The van der Waals surface area contributed by atoms with E-state index in [1.807, 2.05) is 10.9 Å². The highest BCUT2D eigenvalue weighted by Crippen LogP contribution is 2.67. The molecule has 0 spiro atoms. The highest BCUT2D eigenvalue weighted by molar-refractivity contribution is 5.85. The van der Waals surface area contributed by atoms with E-state index in [0.29, 0.717) is 76.4 Å². The smallest absolute Gasteiger partial charge is 0.407 e. The molecule has 3 saturated carbocycles. The van der Waals surface area contributed by atoms with Crippen molar-refractivity contribution in [1.82, 2.24) is 25.6 Å². The lowest BCUT2D eigenvalue weighted by Gasteiger charge is -2.58. The maximum atomic E-state index is 12.7. The second kappa shape index (κ2) is 35.4. The molecule has 0 bridgehead atoms. The predicted octanol–water partition coefficient (Wildman–Crippen LogP) is 5.83. The maximum Gasteiger partial charge on any atom is 0.407 e. The Kier molecular flexibility index (Phi) is 28.9. The van der Waals surface area contributed by atoms with Crippen LogP contribution in [0, 0.1) is 46.3 Å². The lowest BCUT2D eigenvalue weighted by atomic mass is 9.47. The Balaban J connectivity index is 0.700. The van der Waals surface area contributed by atoms with Gasteiger partial charge in [0, 0.05) is 26.6 Å². The third-order valence-electron chi connectivity index (χ3n) is 18.4. The van der Waals surface area contributed by atoms with Gasteiger partial charge in [-0.1, -0.05) is 83.6 Å². The molecule has 478 valence electrons. The van der Waals surface area contributed by atoms with Gasteiger partial charge in [-0.15, -0.1) is 5.10 Å². The van der Waals surface area contributed by atoms with E-state index in [1.54, 1.807) is 5.57 Å². The molecule has 84 heavy (non-hydrogen) atoms. The number of aliphatic imine (C=N–C) groups is 1. The van der Waals surface area contributed by atoms with E-state index >= 15 is 0 Å². The van der Waals surface area contributed by atoms with Crippen molar-refractivity contribution in [1.29, 1.82) is 0 Å². The van der Waals surface area contributed by atoms with Gasteiger partial charge in [0.05, 0.1) is 110 Å². The van der Waals surface area contributed by atoms with Gasteiger partial charge >= 0.3 is 12.1 Å². The van der Waals surface area contributed by atoms with Crippen molar-refractivity contribution >= 4 is 23.9 Å². The second-order valence-electron chi connectivity index (χ2n) is 24.8. The van der Waals surface area contributed by atoms with Crippen molar-refractivity contribution in [3.05, 3.63) is 35.4 Å². The molecule has 23 heteroatoms. The average molecular weight is 1190 g/mol. The number of carboxylic acids is 1. The van der Waals surface area contributed by atoms with Crippen LogP contribution in [0.1, 0.15) is 144 Å². The van der Waals surface area contributed by atoms with E-state index in [9.17, 15) is 29.7 Å². The molecule has 1 aliphatic heterocycles. The molecule has 13 atom stereocenters. The van der Waals surface area contributed by atoms with Gasteiger partial charge in [-0.05, 0) is 117 Å². The number of guanidine groups is 1. The average Bonchev–Trinajstić information content (AvgIpc) is 3.70. The lowest BCUT2D eigenvalue weighted by molar-refractivity contribution is -0.146. The van der Waals surface area contributed by atoms with Crippen LogP contribution < -0.4 is 22.1 Å². The number of carbonyl (C=O) groups excluding carboxylic acids is 2. The third kappa shape index (κ3) is 20.9. The number of fused-ring (bicyclic) bond motifs is 5. The van der Waals surface area contributed by atoms with Crippen LogP contribution >= 0.6 is 0 Å². The number of hydrogen-bond donors (Lipinski definition) is 7. The summed E-state index contributed by atoms with van der Waals surface area (Å²) in [6, 6.07) is -2.38. The van der Waals surface area contributed by atoms with Crippen LogP contribution in [0.4, 0.5) is 4.79 Å². The topological polar surface area (TPSA) is 314 Å². The Morgan fingerprint density at radius 3 is 2.14 bits per heavy atom. The quantitative estimate of drug-likeness (QED) is 0.0176. The number of aliphatic hydroxyl groups is 2. The van der Waals surface area contributed by atoms with E-state index in [1.165, 1.54) is 71.1 Å². The van der Waals surface area contributed by atoms with E-state index in [0.717, 1.165) is 92.5 Å². The van der Waals surface area contributed by atoms with E-state index in [-0.39, 0.29) is 26.4 Å². The Morgan fingerprint density at radius 2 is 1.50 bits per heavy atom. The molecule has 5 aliphatic rings. The van der Waals surface area contributed by atoms with Crippen molar-refractivity contribution in [2.45, 2.75) is 188 Å². The fraction of sp³-hybridized carbons (Fsp3) is 0.836. The zero-order valence-electron chi connectivity index (χ0n) is 51.3. The number of aliphatic hydroxyl groups excluding tert-OH is 2. The van der Waals surface area contributed by atoms with Gasteiger partial charge in [-0.3, -0.25) is 9.48 Å². The van der Waals surface area contributed by atoms with Gasteiger partial charge < -0.3 is 80.1 Å². The summed E-state index contributed by atoms with van der Waals surface area (Å²) in [6.45, 7) is 18.8. The first-order chi connectivity index (χ1) is 40.4. The highest BCUT2D eigenvalue weighted by atomic mass is 16.6. The summed E-state index contributed by atoms with van der Waals surface area (Å²) < 4.78 is 52.8. The number of allylic oxidation sites excluding steroid dienone is 1. The molecule has 6 rings (SSSR count). The van der Waals surface area contributed by atoms with Gasteiger partial charge in [-0.2, -0.15) is 0 Å². The van der Waals surface area contributed by atoms with Gasteiger partial charge in [0.1, 0.15) is 11.8 Å². The van der Waals surface area contributed by atoms with Crippen LogP contribution in [0.3, 0.4) is 0 Å². The molecule has 1 aromatic heterocycles. The summed E-state index contributed by atoms with van der Waals surface area (Å²) in [7, 11) is 0. The number of nitrogens with one attached hydrogen (secondary N) is 2. The minimum Gasteiger partial charge on any atom is -0.477 e. The van der Waals surface area contributed by atoms with Crippen molar-refractivity contribution in [2.24, 2.45) is 62.8 Å². The largest absolute Gasteiger partial charge is 0.477 e. The number of aromatic nitrogens is 3. The number of hydrogen-bond acceptors (Lipinski definition) is 17. The van der Waals surface area contributed by atoms with Crippen LogP contribution in [-0.4, -0.2) is 183 Å². The van der Waals surface area contributed by atoms with Crippen molar-refractivity contribution < 1.29 is 72.3 Å². The van der Waals surface area contributed by atoms with Crippen LogP contribution in [0.5, 0.6) is 0 Å². The molecular formula is C61H104N8O15. The Labute approximate surface area is 498 Å². The summed E-state index contributed by atoms with van der Waals surface area (Å²) in [5.74, 6) is 2.11. The number of carboxylic acid groups (broad SMARTS) is 1. The number of nitrogens with zero attached hydrogens (tertiary/aromatic N) is 4. The van der Waals surface area contributed by atoms with Gasteiger partial charge in [-0.25, -0.2) is 14.6 Å². The number of ether oxygens (including phenoxy) is 9. The molecule has 2 amide bonds. The standard InChI is InChI=1S/C61H104N8O15/c1-41(2)12-11-13-42(3)48-16-17-49-47-15-14-44-36-46(18-20-60(44,5)50(47)19-21-61(48,49)6)82-24-10-8-7-9-23-69-38-45(67-68-69)40-81-35-34-80-33-32-79-31-30-78-29-28-77-27-26-76-25-22-64-59(75)84-55(52(72)39-70)56-54(65-43(4)71)51(66-58(62)63)37-53(83-56)57(73)74/h14,37-38,41-42,46-52,54-56,70,72H,7-13,15-36,39-40H2,1-6H3,(H,64,75)(H,65,71)(H,73,74)(H4,62,63,66)/t42-,46+,47+,48-,49+,50+,51+,52-,54-,55-,56-,60+,61-/m1/s1. The Bertz CT molecular complexity index is 2230. The number of carbonyl (C=O) groups is 3. The molecule has 4 aliphatic carbocycles. The number of nitrogens with two attached hydrogens (primary N) is 2. The molecule has 1 aromatic rings. The zero-order valence-corrected chi connectivity index (χ0v) is 51.3. The third-order valence-corrected chi connectivity index (χ3v) is 18.4. The summed E-state index contributed by atoms with van der Waals surface area (Å²) in [6.07, 6.45) is 19.5. The van der Waals surface area contributed by atoms with E-state index in [4.69, 9.17) is 54.1 Å². The first-order valence-electron chi connectivity index (χ1n) is 31.3. The number of aryl methyl sites for hydroxylation is 1. The Hall–Kier alpha value is -4.46. The molecule has 0 aromatic carbocycles. The number of unbranched alkanes of at least 4 members (excludes halogenated alkanes) is 3. The van der Waals surface area contributed by atoms with E-state index in [2.05, 4.69) is 66.6 Å². The maximum absolute atomic E-state index is 12.7. The second-order valence-corrected chi connectivity index (χ2v) is 24.8. The summed E-state index contributed by atoms with van der Waals surface area (Å²) >= 11 is 0. The summed E-state index contributed by atoms with van der Waals surface area (Å²) in [5, 5.41) is 43.4. The summed E-state index contributed by atoms with van der Waals surface area (Å²) in [5.41, 5.74) is 14.5. The van der Waals surface area contributed by atoms with Crippen LogP contribution in [0.15, 0.2) is 34.7 Å². The highest BCUT2D eigenvalue weighted by Gasteiger charge is 2.59. The minimum absolute atomic E-state index is 0.0121. The SMILES string of the molecule is CC(=O)N[C@H]1[C@H]([C@H](OC(=O)NCCOCCOCCOCCOCCOCCOCc2cn(CCCCCCO[C@H]3CC[C@@]4(C)C(=CC[C@H]5[C@@H]6CC[C@H]([C@H](C)CCCC(C)C)[C@@]6(C)CC[C@@H]54)C3)nn2)[C@H](O)CO)OC(C(=O)O)=C[C@@H]1N=C(N)N. The lowest BCUT2D eigenvalue weighted by Crippen LogP contribution is -2.61. The van der Waals surface area contributed by atoms with Gasteiger partial charge in [0.15, 0.2) is 18.2 Å². The molecular weight excluding hydrogens is 1080 g/mol.